The quantitative estimate of drug-likeness (QED) is 0.564. The van der Waals surface area contributed by atoms with E-state index in [4.69, 9.17) is 4.74 Å². The van der Waals surface area contributed by atoms with Crippen molar-refractivity contribution in [1.82, 2.24) is 9.97 Å². The van der Waals surface area contributed by atoms with Crippen molar-refractivity contribution in [3.8, 4) is 5.75 Å². The van der Waals surface area contributed by atoms with Crippen LogP contribution in [0, 0.1) is 29.6 Å². The van der Waals surface area contributed by atoms with Crippen molar-refractivity contribution < 1.29 is 14.3 Å². The Bertz CT molecular complexity index is 1370. The van der Waals surface area contributed by atoms with Gasteiger partial charge in [-0.2, -0.15) is 0 Å². The minimum absolute atomic E-state index is 0.00721. The van der Waals surface area contributed by atoms with Gasteiger partial charge in [0.1, 0.15) is 5.75 Å². The first-order valence-electron chi connectivity index (χ1n) is 11.4. The van der Waals surface area contributed by atoms with Gasteiger partial charge in [-0.3, -0.25) is 24.3 Å². The zero-order chi connectivity index (χ0) is 23.1. The summed E-state index contributed by atoms with van der Waals surface area (Å²) in [6.45, 7) is 0. The molecule has 2 aliphatic carbocycles. The standard InChI is InChI=1S/C25H21N3O4S2/c1-32-13-6-4-12(5-7-13)28-23(29)18-14-9-15(19(18)24(28)30)20-17(14)16(11-3-2-8-26-10-11)21-22(33-20)27-25(31)34-21/h2-8,10,14-20H,9H2,1H3,(H,27,31)/t14?,15?,16-,17?,18?,19?,20?/m1/s1. The molecule has 9 heteroatoms. The third-order valence-electron chi connectivity index (χ3n) is 8.10. The van der Waals surface area contributed by atoms with Crippen molar-refractivity contribution in [3.05, 3.63) is 68.9 Å². The Labute approximate surface area is 203 Å². The Kier molecular flexibility index (Phi) is 4.39. The second-order valence-electron chi connectivity index (χ2n) is 9.46. The number of thiazole rings is 1. The molecule has 2 amide bonds. The summed E-state index contributed by atoms with van der Waals surface area (Å²) in [5.41, 5.74) is 1.68. The topological polar surface area (TPSA) is 92.4 Å². The van der Waals surface area contributed by atoms with E-state index in [0.717, 1.165) is 21.9 Å². The number of pyridine rings is 1. The molecule has 34 heavy (non-hydrogen) atoms. The number of aromatic amines is 1. The molecule has 4 aliphatic rings. The van der Waals surface area contributed by atoms with Gasteiger partial charge in [-0.15, -0.1) is 11.8 Å². The SMILES string of the molecule is COc1ccc(N2C(=O)C3C4CC(C3C2=O)C2C4Sc3[nH]c(=O)sc3[C@@H]2c2cccnc2)cc1. The Hall–Kier alpha value is -2.91. The number of nitrogens with one attached hydrogen (secondary N) is 1. The van der Waals surface area contributed by atoms with Crippen LogP contribution in [0.1, 0.15) is 22.8 Å². The molecule has 172 valence electrons. The van der Waals surface area contributed by atoms with Crippen molar-refractivity contribution in [1.29, 1.82) is 0 Å². The fraction of sp³-hybridized carbons (Fsp3) is 0.360. The first-order valence-corrected chi connectivity index (χ1v) is 13.1. The van der Waals surface area contributed by atoms with E-state index < -0.39 is 0 Å². The lowest BCUT2D eigenvalue weighted by molar-refractivity contribution is -0.123. The zero-order valence-electron chi connectivity index (χ0n) is 18.2. The molecule has 2 aromatic heterocycles. The second-order valence-corrected chi connectivity index (χ2v) is 11.7. The van der Waals surface area contributed by atoms with E-state index in [2.05, 4.69) is 16.0 Å². The molecular weight excluding hydrogens is 470 g/mol. The second kappa shape index (κ2) is 7.29. The molecule has 2 bridgehead atoms. The summed E-state index contributed by atoms with van der Waals surface area (Å²) in [4.78, 5) is 49.4. The summed E-state index contributed by atoms with van der Waals surface area (Å²) in [5, 5.41) is 1.10. The number of ether oxygens (including phenoxy) is 1. The fourth-order valence-electron chi connectivity index (χ4n) is 6.94. The highest BCUT2D eigenvalue weighted by Gasteiger charge is 2.69. The van der Waals surface area contributed by atoms with Gasteiger partial charge in [0.05, 0.1) is 29.7 Å². The summed E-state index contributed by atoms with van der Waals surface area (Å²) in [5.74, 6) is 0.309. The number of imide groups is 1. The summed E-state index contributed by atoms with van der Waals surface area (Å²) in [7, 11) is 1.59. The summed E-state index contributed by atoms with van der Waals surface area (Å²) >= 11 is 2.96. The van der Waals surface area contributed by atoms with Crippen LogP contribution in [-0.2, 0) is 9.59 Å². The van der Waals surface area contributed by atoms with Gasteiger partial charge in [0.15, 0.2) is 0 Å². The maximum absolute atomic E-state index is 13.7. The van der Waals surface area contributed by atoms with Gasteiger partial charge in [-0.25, -0.2) is 0 Å². The van der Waals surface area contributed by atoms with Crippen molar-refractivity contribution >= 4 is 40.6 Å². The number of benzene rings is 1. The van der Waals surface area contributed by atoms with Crippen molar-refractivity contribution in [3.63, 3.8) is 0 Å². The number of hydrogen-bond donors (Lipinski definition) is 1. The van der Waals surface area contributed by atoms with Crippen LogP contribution in [0.2, 0.25) is 0 Å². The number of H-pyrrole nitrogens is 1. The molecule has 3 aromatic rings. The monoisotopic (exact) mass is 491 g/mol. The van der Waals surface area contributed by atoms with Gasteiger partial charge in [-0.05, 0) is 60.1 Å². The molecule has 0 radical (unpaired) electrons. The molecule has 2 aliphatic heterocycles. The van der Waals surface area contributed by atoms with Crippen molar-refractivity contribution in [2.75, 3.05) is 12.0 Å². The van der Waals surface area contributed by atoms with Crippen LogP contribution in [0.25, 0.3) is 0 Å². The van der Waals surface area contributed by atoms with E-state index in [1.165, 1.54) is 16.2 Å². The summed E-state index contributed by atoms with van der Waals surface area (Å²) in [6.07, 6.45) is 4.50. The molecule has 4 heterocycles. The normalized spacial score (nSPS) is 33.1. The van der Waals surface area contributed by atoms with Gasteiger partial charge >= 0.3 is 4.87 Å². The summed E-state index contributed by atoms with van der Waals surface area (Å²) in [6, 6.07) is 11.1. The third-order valence-corrected chi connectivity index (χ3v) is 10.7. The first kappa shape index (κ1) is 20.5. The van der Waals surface area contributed by atoms with E-state index >= 15 is 0 Å². The molecule has 1 aromatic carbocycles. The van der Waals surface area contributed by atoms with Gasteiger partial charge in [0.25, 0.3) is 0 Å². The highest BCUT2D eigenvalue weighted by atomic mass is 32.2. The van der Waals surface area contributed by atoms with E-state index in [1.807, 2.05) is 12.3 Å². The highest BCUT2D eigenvalue weighted by Crippen LogP contribution is 2.68. The fourth-order valence-corrected chi connectivity index (χ4v) is 9.82. The van der Waals surface area contributed by atoms with E-state index in [0.29, 0.717) is 11.4 Å². The van der Waals surface area contributed by atoms with Crippen molar-refractivity contribution in [2.24, 2.45) is 29.6 Å². The lowest BCUT2D eigenvalue weighted by atomic mass is 9.68. The number of hydrogen-bond acceptors (Lipinski definition) is 7. The van der Waals surface area contributed by atoms with Gasteiger partial charge in [-0.1, -0.05) is 17.4 Å². The number of carbonyl (C=O) groups is 2. The van der Waals surface area contributed by atoms with Gasteiger partial charge < -0.3 is 9.72 Å². The number of aromatic nitrogens is 2. The Morgan fingerprint density at radius 2 is 1.82 bits per heavy atom. The Balaban J connectivity index is 1.30. The minimum Gasteiger partial charge on any atom is -0.497 e. The largest absolute Gasteiger partial charge is 0.497 e. The molecule has 3 fully saturated rings. The average Bonchev–Trinajstić information content (AvgIpc) is 3.58. The smallest absolute Gasteiger partial charge is 0.305 e. The molecule has 6 unspecified atom stereocenters. The number of anilines is 1. The lowest BCUT2D eigenvalue weighted by Gasteiger charge is -2.42. The predicted octanol–water partition coefficient (Wildman–Crippen LogP) is 3.52. The zero-order valence-corrected chi connectivity index (χ0v) is 19.8. The number of amides is 2. The molecular formula is C25H21N3O4S2. The lowest BCUT2D eigenvalue weighted by Crippen LogP contribution is -2.42. The highest BCUT2D eigenvalue weighted by molar-refractivity contribution is 8.00. The number of rotatable bonds is 3. The number of methoxy groups -OCH3 is 1. The van der Waals surface area contributed by atoms with E-state index in [1.54, 1.807) is 49.3 Å². The molecule has 2 saturated carbocycles. The van der Waals surface area contributed by atoms with Crippen molar-refractivity contribution in [2.45, 2.75) is 22.6 Å². The Morgan fingerprint density at radius 3 is 2.53 bits per heavy atom. The predicted molar refractivity (Wildman–Crippen MR) is 128 cm³/mol. The maximum atomic E-state index is 13.7. The van der Waals surface area contributed by atoms with Crippen LogP contribution >= 0.6 is 23.1 Å². The average molecular weight is 492 g/mol. The number of nitrogens with zero attached hydrogens (tertiary/aromatic N) is 2. The summed E-state index contributed by atoms with van der Waals surface area (Å²) < 4.78 is 5.23. The molecule has 0 spiro atoms. The van der Waals surface area contributed by atoms with Crippen LogP contribution in [0.3, 0.4) is 0 Å². The molecule has 7 atom stereocenters. The van der Waals surface area contributed by atoms with Crippen LogP contribution in [0.15, 0.2) is 58.6 Å². The number of fused-ring (bicyclic) bond motifs is 9. The van der Waals surface area contributed by atoms with Crippen LogP contribution < -0.4 is 14.5 Å². The molecule has 7 nitrogen and oxygen atoms in total. The van der Waals surface area contributed by atoms with Crippen LogP contribution in [0.4, 0.5) is 5.69 Å². The number of carbonyl (C=O) groups excluding carboxylic acids is 2. The maximum Gasteiger partial charge on any atom is 0.305 e. The molecule has 7 rings (SSSR count). The van der Waals surface area contributed by atoms with E-state index in [9.17, 15) is 14.4 Å². The first-order chi connectivity index (χ1) is 16.6. The van der Waals surface area contributed by atoms with E-state index in [-0.39, 0.29) is 57.4 Å². The molecule has 1 saturated heterocycles. The van der Waals surface area contributed by atoms with Gasteiger partial charge in [0.2, 0.25) is 11.8 Å². The minimum atomic E-state index is -0.308. The van der Waals surface area contributed by atoms with Gasteiger partial charge in [0, 0.05) is 28.4 Å². The Morgan fingerprint density at radius 1 is 1.06 bits per heavy atom. The van der Waals surface area contributed by atoms with Crippen LogP contribution in [0.5, 0.6) is 5.75 Å². The molecule has 1 N–H and O–H groups in total. The number of thioether (sulfide) groups is 1. The van der Waals surface area contributed by atoms with Crippen LogP contribution in [-0.4, -0.2) is 34.1 Å². The third kappa shape index (κ3) is 2.65.